The number of benzene rings is 1. The number of carboxylic acids is 1. The number of rotatable bonds is 4. The zero-order valence-electron chi connectivity index (χ0n) is 10.6. The lowest BCUT2D eigenvalue weighted by molar-refractivity contribution is -0.190. The van der Waals surface area contributed by atoms with Gasteiger partial charge in [0, 0.05) is 12.2 Å². The van der Waals surface area contributed by atoms with Gasteiger partial charge in [-0.2, -0.15) is 26.3 Å². The fourth-order valence-electron chi connectivity index (χ4n) is 1.60. The molecule has 118 valence electrons. The molecule has 1 aromatic rings. The Hall–Kier alpha value is -1.93. The molecule has 0 fully saturated rings. The van der Waals surface area contributed by atoms with Crippen LogP contribution >= 0.6 is 0 Å². The van der Waals surface area contributed by atoms with Crippen molar-refractivity contribution in [2.45, 2.75) is 19.3 Å². The second kappa shape index (κ2) is 5.82. The molecule has 0 aliphatic heterocycles. The molecule has 0 aromatic heterocycles. The number of hydrogen-bond acceptors (Lipinski definition) is 2. The van der Waals surface area contributed by atoms with E-state index in [9.17, 15) is 31.1 Å². The summed E-state index contributed by atoms with van der Waals surface area (Å²) in [5.41, 5.74) is -1.31. The van der Waals surface area contributed by atoms with Gasteiger partial charge in [0.1, 0.15) is 0 Å². The van der Waals surface area contributed by atoms with Gasteiger partial charge in [-0.3, -0.25) is 4.79 Å². The molecule has 0 aliphatic rings. The molecule has 0 heterocycles. The molecule has 1 unspecified atom stereocenters. The van der Waals surface area contributed by atoms with Crippen molar-refractivity contribution in [2.75, 3.05) is 11.9 Å². The number of nitrogens with one attached hydrogen (secondary N) is 1. The van der Waals surface area contributed by atoms with Crippen LogP contribution in [0.3, 0.4) is 0 Å². The molecule has 2 N–H and O–H groups in total. The summed E-state index contributed by atoms with van der Waals surface area (Å²) in [7, 11) is 0. The third-order valence-electron chi connectivity index (χ3n) is 2.75. The van der Waals surface area contributed by atoms with Crippen LogP contribution in [0.25, 0.3) is 0 Å². The second-order valence-corrected chi connectivity index (χ2v) is 4.34. The Morgan fingerprint density at radius 3 is 2.24 bits per heavy atom. The van der Waals surface area contributed by atoms with E-state index in [1.165, 1.54) is 6.92 Å². The maximum absolute atomic E-state index is 12.6. The van der Waals surface area contributed by atoms with Crippen molar-refractivity contribution < 1.29 is 36.2 Å². The van der Waals surface area contributed by atoms with Crippen LogP contribution in [0.15, 0.2) is 18.2 Å². The first-order valence-electron chi connectivity index (χ1n) is 5.64. The van der Waals surface area contributed by atoms with Crippen molar-refractivity contribution in [2.24, 2.45) is 5.92 Å². The zero-order valence-corrected chi connectivity index (χ0v) is 10.6. The van der Waals surface area contributed by atoms with E-state index in [-0.39, 0.29) is 11.3 Å². The number of aryl methyl sites for hydroxylation is 1. The topological polar surface area (TPSA) is 49.3 Å². The molecule has 9 heteroatoms. The van der Waals surface area contributed by atoms with Crippen LogP contribution in [-0.2, 0) is 11.0 Å². The summed E-state index contributed by atoms with van der Waals surface area (Å²) in [5.74, 6) is -4.80. The van der Waals surface area contributed by atoms with Crippen molar-refractivity contribution in [3.05, 3.63) is 29.3 Å². The van der Waals surface area contributed by atoms with Gasteiger partial charge in [0.05, 0.1) is 5.56 Å². The SMILES string of the molecule is Cc1ccc(NCC(C(=O)O)C(F)(F)F)cc1C(F)(F)F. The molecule has 0 aliphatic carbocycles. The van der Waals surface area contributed by atoms with Gasteiger partial charge in [-0.05, 0) is 24.6 Å². The highest BCUT2D eigenvalue weighted by Crippen LogP contribution is 2.34. The molecule has 0 saturated carbocycles. The lowest BCUT2D eigenvalue weighted by Gasteiger charge is -2.18. The minimum absolute atomic E-state index is 0.0846. The first-order chi connectivity index (χ1) is 9.43. The van der Waals surface area contributed by atoms with Crippen LogP contribution in [0.5, 0.6) is 0 Å². The predicted octanol–water partition coefficient (Wildman–Crippen LogP) is 3.69. The van der Waals surface area contributed by atoms with Crippen LogP contribution < -0.4 is 5.32 Å². The van der Waals surface area contributed by atoms with E-state index in [4.69, 9.17) is 5.11 Å². The monoisotopic (exact) mass is 315 g/mol. The number of hydrogen-bond donors (Lipinski definition) is 2. The zero-order chi connectivity index (χ0) is 16.4. The molecule has 0 radical (unpaired) electrons. The van der Waals surface area contributed by atoms with E-state index >= 15 is 0 Å². The van der Waals surface area contributed by atoms with E-state index in [0.717, 1.165) is 12.1 Å². The summed E-state index contributed by atoms with van der Waals surface area (Å²) < 4.78 is 75.1. The molecular weight excluding hydrogens is 304 g/mol. The number of aliphatic carboxylic acids is 1. The van der Waals surface area contributed by atoms with E-state index < -0.39 is 36.3 Å². The molecule has 1 atom stereocenters. The second-order valence-electron chi connectivity index (χ2n) is 4.34. The maximum atomic E-state index is 12.6. The smallest absolute Gasteiger partial charge is 0.416 e. The standard InChI is InChI=1S/C12H11F6NO2/c1-6-2-3-7(4-8(6)11(13,14)15)19-5-9(10(20)21)12(16,17)18/h2-4,9,19H,5H2,1H3,(H,20,21). The van der Waals surface area contributed by atoms with Crippen LogP contribution in [0.1, 0.15) is 11.1 Å². The van der Waals surface area contributed by atoms with Crippen molar-refractivity contribution in [1.29, 1.82) is 0 Å². The minimum Gasteiger partial charge on any atom is -0.481 e. The summed E-state index contributed by atoms with van der Waals surface area (Å²) in [6.45, 7) is 0.154. The van der Waals surface area contributed by atoms with Gasteiger partial charge < -0.3 is 10.4 Å². The summed E-state index contributed by atoms with van der Waals surface area (Å²) in [4.78, 5) is 10.5. The van der Waals surface area contributed by atoms with Gasteiger partial charge in [0.2, 0.25) is 0 Å². The lowest BCUT2D eigenvalue weighted by atomic mass is 10.1. The fraction of sp³-hybridized carbons (Fsp3) is 0.417. The van der Waals surface area contributed by atoms with E-state index in [2.05, 4.69) is 5.32 Å². The predicted molar refractivity (Wildman–Crippen MR) is 61.9 cm³/mol. The van der Waals surface area contributed by atoms with Gasteiger partial charge in [0.15, 0.2) is 5.92 Å². The summed E-state index contributed by atoms with van der Waals surface area (Å²) >= 11 is 0. The summed E-state index contributed by atoms with van der Waals surface area (Å²) in [5, 5.41) is 10.5. The highest BCUT2D eigenvalue weighted by molar-refractivity contribution is 5.71. The molecule has 21 heavy (non-hydrogen) atoms. The van der Waals surface area contributed by atoms with Crippen LogP contribution in [-0.4, -0.2) is 23.8 Å². The maximum Gasteiger partial charge on any atom is 0.416 e. The minimum atomic E-state index is -4.99. The van der Waals surface area contributed by atoms with Crippen molar-refractivity contribution in [3.8, 4) is 0 Å². The largest absolute Gasteiger partial charge is 0.481 e. The molecule has 0 spiro atoms. The highest BCUT2D eigenvalue weighted by Gasteiger charge is 2.45. The third kappa shape index (κ3) is 4.54. The van der Waals surface area contributed by atoms with Gasteiger partial charge >= 0.3 is 18.3 Å². The Balaban J connectivity index is 2.92. The quantitative estimate of drug-likeness (QED) is 0.833. The molecule has 0 amide bonds. The van der Waals surface area contributed by atoms with Crippen LogP contribution in [0, 0.1) is 12.8 Å². The number of carbonyl (C=O) groups is 1. The van der Waals surface area contributed by atoms with Crippen molar-refractivity contribution >= 4 is 11.7 Å². The first-order valence-corrected chi connectivity index (χ1v) is 5.64. The Morgan fingerprint density at radius 2 is 1.81 bits per heavy atom. The molecule has 1 rings (SSSR count). The van der Waals surface area contributed by atoms with Gasteiger partial charge in [-0.15, -0.1) is 0 Å². The number of halogens is 6. The highest BCUT2D eigenvalue weighted by atomic mass is 19.4. The Morgan fingerprint density at radius 1 is 1.24 bits per heavy atom. The number of anilines is 1. The number of alkyl halides is 6. The fourth-order valence-corrected chi connectivity index (χ4v) is 1.60. The van der Waals surface area contributed by atoms with Crippen LogP contribution in [0.4, 0.5) is 32.0 Å². The van der Waals surface area contributed by atoms with Crippen molar-refractivity contribution in [3.63, 3.8) is 0 Å². The average Bonchev–Trinajstić information content (AvgIpc) is 2.27. The Labute approximate surface area is 115 Å². The average molecular weight is 315 g/mol. The van der Waals surface area contributed by atoms with Crippen molar-refractivity contribution in [1.82, 2.24) is 0 Å². The summed E-state index contributed by atoms with van der Waals surface area (Å²) in [6.07, 6.45) is -9.63. The molecule has 3 nitrogen and oxygen atoms in total. The van der Waals surface area contributed by atoms with Gasteiger partial charge in [-0.25, -0.2) is 0 Å². The van der Waals surface area contributed by atoms with Gasteiger partial charge in [0.25, 0.3) is 0 Å². The molecule has 1 aromatic carbocycles. The molecule has 0 saturated heterocycles. The van der Waals surface area contributed by atoms with E-state index in [1.54, 1.807) is 0 Å². The van der Waals surface area contributed by atoms with E-state index in [1.807, 2.05) is 0 Å². The normalized spacial score (nSPS) is 13.9. The Bertz CT molecular complexity index is 523. The molecular formula is C12H11F6NO2. The lowest BCUT2D eigenvalue weighted by Crippen LogP contribution is -2.36. The third-order valence-corrected chi connectivity index (χ3v) is 2.75. The molecule has 0 bridgehead atoms. The van der Waals surface area contributed by atoms with E-state index in [0.29, 0.717) is 6.07 Å². The van der Waals surface area contributed by atoms with Crippen LogP contribution in [0.2, 0.25) is 0 Å². The van der Waals surface area contributed by atoms with Gasteiger partial charge in [-0.1, -0.05) is 6.07 Å². The summed E-state index contributed by atoms with van der Waals surface area (Å²) in [6, 6.07) is 2.89. The first kappa shape index (κ1) is 17.1. The number of carboxylic acid groups (broad SMARTS) is 1. The Kier molecular flexibility index (Phi) is 4.75.